The molecule has 0 atom stereocenters. The van der Waals surface area contributed by atoms with Crippen LogP contribution in [-0.4, -0.2) is 38.1 Å². The molecule has 0 unspecified atom stereocenters. The highest BCUT2D eigenvalue weighted by Gasteiger charge is 2.20. The first-order valence-electron chi connectivity index (χ1n) is 6.53. The zero-order chi connectivity index (χ0) is 16.5. The van der Waals surface area contributed by atoms with Gasteiger partial charge in [-0.05, 0) is 34.7 Å². The lowest BCUT2D eigenvalue weighted by molar-refractivity contribution is 0.0761. The Balaban J connectivity index is 3.12. The number of hydrogen-bond acceptors (Lipinski definition) is 5. The molecule has 1 aromatic rings. The van der Waals surface area contributed by atoms with E-state index in [1.54, 1.807) is 12.1 Å². The molecule has 0 heterocycles. The molecule has 0 saturated heterocycles. The van der Waals surface area contributed by atoms with Crippen molar-refractivity contribution in [2.24, 2.45) is 0 Å². The summed E-state index contributed by atoms with van der Waals surface area (Å²) in [6.45, 7) is 0.586. The Morgan fingerprint density at radius 3 is 2.09 bits per heavy atom. The third-order valence-electron chi connectivity index (χ3n) is 2.98. The molecule has 0 saturated carbocycles. The second-order valence-electron chi connectivity index (χ2n) is 4.30. The number of carbonyl (C=O) groups is 1. The van der Waals surface area contributed by atoms with Gasteiger partial charge in [-0.3, -0.25) is 4.79 Å². The molecule has 0 aliphatic heterocycles. The third kappa shape index (κ3) is 4.50. The van der Waals surface area contributed by atoms with Gasteiger partial charge in [-0.25, -0.2) is 0 Å². The van der Waals surface area contributed by atoms with E-state index in [0.717, 1.165) is 3.57 Å². The van der Waals surface area contributed by atoms with E-state index in [0.29, 0.717) is 30.2 Å². The van der Waals surface area contributed by atoms with Gasteiger partial charge in [0.2, 0.25) is 0 Å². The highest BCUT2D eigenvalue weighted by molar-refractivity contribution is 14.1. The SMILES string of the molecule is COc1cc(I)c(C(=O)N(CCC#N)CCC#N)cc1OC. The number of nitrogens with zero attached hydrogens (tertiary/aromatic N) is 3. The van der Waals surface area contributed by atoms with Crippen molar-refractivity contribution in [3.05, 3.63) is 21.3 Å². The molecular weight excluding hydrogens is 397 g/mol. The van der Waals surface area contributed by atoms with Gasteiger partial charge >= 0.3 is 0 Å². The molecule has 22 heavy (non-hydrogen) atoms. The Morgan fingerprint density at radius 1 is 1.14 bits per heavy atom. The molecule has 0 spiro atoms. The summed E-state index contributed by atoms with van der Waals surface area (Å²) in [6, 6.07) is 7.37. The molecule has 1 amide bonds. The van der Waals surface area contributed by atoms with E-state index in [1.807, 2.05) is 12.1 Å². The quantitative estimate of drug-likeness (QED) is 0.642. The minimum Gasteiger partial charge on any atom is -0.493 e. The molecule has 1 aromatic carbocycles. The fraction of sp³-hybridized carbons (Fsp3) is 0.400. The summed E-state index contributed by atoms with van der Waals surface area (Å²) in [5, 5.41) is 17.4. The van der Waals surface area contributed by atoms with Crippen molar-refractivity contribution in [3.8, 4) is 23.6 Å². The van der Waals surface area contributed by atoms with Crippen molar-refractivity contribution in [1.82, 2.24) is 4.90 Å². The van der Waals surface area contributed by atoms with E-state index in [1.165, 1.54) is 19.1 Å². The number of hydrogen-bond donors (Lipinski definition) is 0. The fourth-order valence-electron chi connectivity index (χ4n) is 1.87. The van der Waals surface area contributed by atoms with Gasteiger partial charge < -0.3 is 14.4 Å². The number of benzene rings is 1. The Labute approximate surface area is 143 Å². The molecule has 1 rings (SSSR count). The average molecular weight is 413 g/mol. The van der Waals surface area contributed by atoms with Crippen LogP contribution in [0.5, 0.6) is 11.5 Å². The summed E-state index contributed by atoms with van der Waals surface area (Å²) < 4.78 is 11.1. The van der Waals surface area contributed by atoms with Gasteiger partial charge in [-0.1, -0.05) is 0 Å². The Morgan fingerprint density at radius 2 is 1.64 bits per heavy atom. The van der Waals surface area contributed by atoms with Crippen LogP contribution in [0.1, 0.15) is 23.2 Å². The summed E-state index contributed by atoms with van der Waals surface area (Å²) in [5.74, 6) is 0.784. The standard InChI is InChI=1S/C15H16IN3O3/c1-21-13-9-11(12(16)10-14(13)22-2)15(20)19(7-3-5-17)8-4-6-18/h9-10H,3-4,7-8H2,1-2H3. The van der Waals surface area contributed by atoms with Crippen LogP contribution in [0.25, 0.3) is 0 Å². The maximum absolute atomic E-state index is 12.7. The average Bonchev–Trinajstić information content (AvgIpc) is 2.54. The molecule has 0 fully saturated rings. The second kappa shape index (κ2) is 9.11. The number of ether oxygens (including phenoxy) is 2. The van der Waals surface area contributed by atoms with Crippen molar-refractivity contribution >= 4 is 28.5 Å². The maximum Gasteiger partial charge on any atom is 0.255 e. The van der Waals surface area contributed by atoms with Gasteiger partial charge in [0.1, 0.15) is 0 Å². The van der Waals surface area contributed by atoms with Crippen LogP contribution in [0.3, 0.4) is 0 Å². The molecule has 0 bridgehead atoms. The van der Waals surface area contributed by atoms with Gasteiger partial charge in [0.15, 0.2) is 11.5 Å². The smallest absolute Gasteiger partial charge is 0.255 e. The summed E-state index contributed by atoms with van der Waals surface area (Å²) in [4.78, 5) is 14.2. The maximum atomic E-state index is 12.7. The van der Waals surface area contributed by atoms with Crippen LogP contribution in [0, 0.1) is 26.2 Å². The second-order valence-corrected chi connectivity index (χ2v) is 5.46. The number of methoxy groups -OCH3 is 2. The van der Waals surface area contributed by atoms with E-state index >= 15 is 0 Å². The minimum atomic E-state index is -0.226. The zero-order valence-electron chi connectivity index (χ0n) is 12.4. The van der Waals surface area contributed by atoms with Crippen molar-refractivity contribution in [1.29, 1.82) is 10.5 Å². The monoisotopic (exact) mass is 413 g/mol. The van der Waals surface area contributed by atoms with E-state index in [-0.39, 0.29) is 18.7 Å². The molecule has 0 aliphatic carbocycles. The number of nitriles is 2. The van der Waals surface area contributed by atoms with Crippen LogP contribution in [-0.2, 0) is 0 Å². The van der Waals surface area contributed by atoms with Crippen LogP contribution in [0.2, 0.25) is 0 Å². The van der Waals surface area contributed by atoms with Gasteiger partial charge in [0.25, 0.3) is 5.91 Å². The summed E-state index contributed by atoms with van der Waals surface area (Å²) in [7, 11) is 3.03. The minimum absolute atomic E-state index is 0.223. The first kappa shape index (κ1) is 18.1. The predicted octanol–water partition coefficient (Wildman–Crippen LogP) is 2.58. The summed E-state index contributed by atoms with van der Waals surface area (Å²) in [5.41, 5.74) is 0.467. The molecule has 0 aromatic heterocycles. The first-order valence-corrected chi connectivity index (χ1v) is 7.61. The Kier molecular flexibility index (Phi) is 7.47. The molecule has 0 radical (unpaired) electrons. The van der Waals surface area contributed by atoms with Crippen molar-refractivity contribution in [3.63, 3.8) is 0 Å². The van der Waals surface area contributed by atoms with E-state index in [9.17, 15) is 4.79 Å². The molecule has 7 heteroatoms. The lowest BCUT2D eigenvalue weighted by Gasteiger charge is -2.21. The summed E-state index contributed by atoms with van der Waals surface area (Å²) >= 11 is 2.05. The highest BCUT2D eigenvalue weighted by atomic mass is 127. The van der Waals surface area contributed by atoms with Gasteiger partial charge in [0, 0.05) is 16.7 Å². The first-order chi connectivity index (χ1) is 10.6. The van der Waals surface area contributed by atoms with Crippen LogP contribution in [0.15, 0.2) is 12.1 Å². The van der Waals surface area contributed by atoms with Crippen molar-refractivity contribution in [2.75, 3.05) is 27.3 Å². The number of carbonyl (C=O) groups excluding carboxylic acids is 1. The summed E-state index contributed by atoms with van der Waals surface area (Å²) in [6.07, 6.45) is 0.447. The fourth-order valence-corrected chi connectivity index (χ4v) is 2.54. The third-order valence-corrected chi connectivity index (χ3v) is 3.87. The molecule has 0 N–H and O–H groups in total. The Hall–Kier alpha value is -2.00. The lowest BCUT2D eigenvalue weighted by Crippen LogP contribution is -2.33. The highest BCUT2D eigenvalue weighted by Crippen LogP contribution is 2.31. The Bertz CT molecular complexity index is 602. The van der Waals surface area contributed by atoms with Gasteiger partial charge in [-0.15, -0.1) is 0 Å². The predicted molar refractivity (Wildman–Crippen MR) is 88.6 cm³/mol. The number of amides is 1. The number of halogens is 1. The largest absolute Gasteiger partial charge is 0.493 e. The molecule has 0 aliphatic rings. The lowest BCUT2D eigenvalue weighted by atomic mass is 10.1. The van der Waals surface area contributed by atoms with Gasteiger partial charge in [-0.2, -0.15) is 10.5 Å². The van der Waals surface area contributed by atoms with Crippen LogP contribution < -0.4 is 9.47 Å². The number of rotatable bonds is 7. The molecular formula is C15H16IN3O3. The van der Waals surface area contributed by atoms with E-state index < -0.39 is 0 Å². The van der Waals surface area contributed by atoms with Crippen LogP contribution >= 0.6 is 22.6 Å². The normalized spacial score (nSPS) is 9.50. The van der Waals surface area contributed by atoms with E-state index in [2.05, 4.69) is 22.6 Å². The molecule has 116 valence electrons. The molecule has 6 nitrogen and oxygen atoms in total. The topological polar surface area (TPSA) is 86.4 Å². The van der Waals surface area contributed by atoms with Crippen molar-refractivity contribution < 1.29 is 14.3 Å². The van der Waals surface area contributed by atoms with Crippen LogP contribution in [0.4, 0.5) is 0 Å². The van der Waals surface area contributed by atoms with Crippen molar-refractivity contribution in [2.45, 2.75) is 12.8 Å². The van der Waals surface area contributed by atoms with Gasteiger partial charge in [0.05, 0.1) is 44.8 Å². The van der Waals surface area contributed by atoms with E-state index in [4.69, 9.17) is 20.0 Å². The zero-order valence-corrected chi connectivity index (χ0v) is 14.6.